The fourth-order valence-corrected chi connectivity index (χ4v) is 1.18. The highest BCUT2D eigenvalue weighted by Crippen LogP contribution is 2.18. The quantitative estimate of drug-likeness (QED) is 0.698. The molecule has 4 heteroatoms. The van der Waals surface area contributed by atoms with Gasteiger partial charge in [0.2, 0.25) is 0 Å². The van der Waals surface area contributed by atoms with Crippen molar-refractivity contribution in [1.29, 1.82) is 0 Å². The Morgan fingerprint density at radius 1 is 1.31 bits per heavy atom. The fraction of sp³-hybridized carbons (Fsp3) is 0.222. The van der Waals surface area contributed by atoms with Gasteiger partial charge in [0.05, 0.1) is 0 Å². The van der Waals surface area contributed by atoms with Crippen molar-refractivity contribution in [3.05, 3.63) is 35.4 Å². The molecule has 1 unspecified atom stereocenters. The number of rotatable bonds is 1. The van der Waals surface area contributed by atoms with Crippen molar-refractivity contribution in [3.8, 4) is 0 Å². The van der Waals surface area contributed by atoms with Gasteiger partial charge >= 0.3 is 6.03 Å². The summed E-state index contributed by atoms with van der Waals surface area (Å²) in [4.78, 5) is 10.7. The van der Waals surface area contributed by atoms with Crippen molar-refractivity contribution in [1.82, 2.24) is 5.32 Å². The number of amides is 2. The molecule has 0 spiro atoms. The monoisotopic (exact) mass is 175 g/mol. The molecule has 13 heavy (non-hydrogen) atoms. The van der Waals surface area contributed by atoms with Crippen molar-refractivity contribution >= 4 is 6.03 Å². The molecular weight excluding hydrogens is 166 g/mol. The minimum Gasteiger partial charge on any atom is -0.307 e. The van der Waals surface area contributed by atoms with Crippen LogP contribution in [0.2, 0.25) is 0 Å². The van der Waals surface area contributed by atoms with Gasteiger partial charge in [0.1, 0.15) is 0 Å². The lowest BCUT2D eigenvalue weighted by Crippen LogP contribution is -2.17. The predicted molar refractivity (Wildman–Crippen MR) is 47.3 cm³/mol. The smallest absolute Gasteiger partial charge is 0.307 e. The van der Waals surface area contributed by atoms with Crippen LogP contribution in [0.4, 0.5) is 4.79 Å². The van der Waals surface area contributed by atoms with Gasteiger partial charge in [-0.1, -0.05) is 34.9 Å². The van der Waals surface area contributed by atoms with Crippen LogP contribution < -0.4 is 5.32 Å². The Kier molecular flexibility index (Phi) is 1.81. The number of carbonyl (C=O) groups excluding carboxylic acids is 1. The van der Waals surface area contributed by atoms with E-state index in [4.69, 9.17) is 0 Å². The molecule has 4 nitrogen and oxygen atoms in total. The van der Waals surface area contributed by atoms with Gasteiger partial charge in [0.15, 0.2) is 6.17 Å². The molecule has 1 heterocycles. The van der Waals surface area contributed by atoms with Gasteiger partial charge in [-0.25, -0.2) is 4.79 Å². The number of hydrogen-bond donors (Lipinski definition) is 1. The number of hydrogen-bond acceptors (Lipinski definition) is 2. The van der Waals surface area contributed by atoms with Gasteiger partial charge < -0.3 is 5.32 Å². The van der Waals surface area contributed by atoms with Crippen LogP contribution in [0.5, 0.6) is 0 Å². The molecule has 1 N–H and O–H groups in total. The van der Waals surface area contributed by atoms with Crippen LogP contribution in [0, 0.1) is 6.92 Å². The summed E-state index contributed by atoms with van der Waals surface area (Å²) in [5, 5.41) is 9.79. The van der Waals surface area contributed by atoms with Crippen LogP contribution >= 0.6 is 0 Å². The van der Waals surface area contributed by atoms with Crippen LogP contribution in [0.15, 0.2) is 34.5 Å². The summed E-state index contributed by atoms with van der Waals surface area (Å²) in [5.74, 6) is 0. The summed E-state index contributed by atoms with van der Waals surface area (Å²) in [6.07, 6.45) is -0.298. The number of benzene rings is 1. The van der Waals surface area contributed by atoms with Crippen LogP contribution in [0.25, 0.3) is 0 Å². The molecule has 2 amide bonds. The highest BCUT2D eigenvalue weighted by atomic mass is 16.2. The molecule has 0 bridgehead atoms. The lowest BCUT2D eigenvalue weighted by molar-refractivity contribution is 0.250. The van der Waals surface area contributed by atoms with E-state index in [1.165, 1.54) is 5.56 Å². The zero-order valence-corrected chi connectivity index (χ0v) is 7.19. The molecule has 0 saturated carbocycles. The molecule has 1 aromatic carbocycles. The minimum atomic E-state index is -0.370. The minimum absolute atomic E-state index is 0.298. The van der Waals surface area contributed by atoms with E-state index in [2.05, 4.69) is 15.5 Å². The maximum absolute atomic E-state index is 10.7. The first-order chi connectivity index (χ1) is 6.25. The third-order valence-electron chi connectivity index (χ3n) is 1.92. The van der Waals surface area contributed by atoms with E-state index in [0.29, 0.717) is 0 Å². The standard InChI is InChI=1S/C9H9N3O/c1-6-2-4-7(5-3-6)8-10-9(13)12-11-8/h2-5,8H,1H3,(H,10,13). The van der Waals surface area contributed by atoms with Crippen molar-refractivity contribution in [3.63, 3.8) is 0 Å². The first-order valence-electron chi connectivity index (χ1n) is 4.03. The lowest BCUT2D eigenvalue weighted by Gasteiger charge is -2.05. The summed E-state index contributed by atoms with van der Waals surface area (Å²) < 4.78 is 0. The van der Waals surface area contributed by atoms with E-state index in [1.54, 1.807) is 0 Å². The first-order valence-corrected chi connectivity index (χ1v) is 4.03. The van der Waals surface area contributed by atoms with Crippen molar-refractivity contribution < 1.29 is 4.79 Å². The predicted octanol–water partition coefficient (Wildman–Crippen LogP) is 2.17. The van der Waals surface area contributed by atoms with Crippen LogP contribution in [0.1, 0.15) is 17.3 Å². The molecule has 1 aliphatic rings. The summed E-state index contributed by atoms with van der Waals surface area (Å²) in [7, 11) is 0. The highest BCUT2D eigenvalue weighted by Gasteiger charge is 2.18. The summed E-state index contributed by atoms with van der Waals surface area (Å²) in [6.45, 7) is 2.01. The van der Waals surface area contributed by atoms with Gasteiger partial charge in [-0.3, -0.25) is 0 Å². The Balaban J connectivity index is 2.22. The molecule has 1 atom stereocenters. The van der Waals surface area contributed by atoms with Gasteiger partial charge in [0.25, 0.3) is 0 Å². The third kappa shape index (κ3) is 1.56. The third-order valence-corrected chi connectivity index (χ3v) is 1.92. The molecule has 0 aromatic heterocycles. The maximum Gasteiger partial charge on any atom is 0.361 e. The molecule has 0 saturated heterocycles. The molecule has 0 radical (unpaired) electrons. The fourth-order valence-electron chi connectivity index (χ4n) is 1.18. The topological polar surface area (TPSA) is 53.8 Å². The average molecular weight is 175 g/mol. The van der Waals surface area contributed by atoms with E-state index in [1.807, 2.05) is 31.2 Å². The maximum atomic E-state index is 10.7. The number of nitrogens with zero attached hydrogens (tertiary/aromatic N) is 2. The van der Waals surface area contributed by atoms with Gasteiger partial charge in [-0.2, -0.15) is 5.11 Å². The van der Waals surface area contributed by atoms with Crippen molar-refractivity contribution in [2.24, 2.45) is 10.2 Å². The van der Waals surface area contributed by atoms with Gasteiger partial charge in [-0.15, -0.1) is 0 Å². The number of carbonyl (C=O) groups is 1. The largest absolute Gasteiger partial charge is 0.361 e. The number of nitrogens with one attached hydrogen (secondary N) is 1. The first kappa shape index (κ1) is 7.91. The SMILES string of the molecule is Cc1ccc(C2N=NC(=O)N2)cc1. The molecule has 1 aliphatic heterocycles. The van der Waals surface area contributed by atoms with Gasteiger partial charge in [0, 0.05) is 0 Å². The number of azo groups is 1. The lowest BCUT2D eigenvalue weighted by atomic mass is 10.1. The zero-order valence-electron chi connectivity index (χ0n) is 7.19. The summed E-state index contributed by atoms with van der Waals surface area (Å²) in [6, 6.07) is 7.46. The van der Waals surface area contributed by atoms with Crippen LogP contribution in [0.3, 0.4) is 0 Å². The highest BCUT2D eigenvalue weighted by molar-refractivity contribution is 5.76. The Morgan fingerprint density at radius 3 is 2.54 bits per heavy atom. The number of urea groups is 1. The van der Waals surface area contributed by atoms with Crippen molar-refractivity contribution in [2.45, 2.75) is 13.1 Å². The second-order valence-corrected chi connectivity index (χ2v) is 2.98. The van der Waals surface area contributed by atoms with Crippen LogP contribution in [-0.2, 0) is 0 Å². The van der Waals surface area contributed by atoms with E-state index in [9.17, 15) is 4.79 Å². The Labute approximate surface area is 75.7 Å². The summed E-state index contributed by atoms with van der Waals surface area (Å²) in [5.41, 5.74) is 2.14. The molecule has 1 aromatic rings. The molecule has 66 valence electrons. The van der Waals surface area contributed by atoms with Gasteiger partial charge in [-0.05, 0) is 12.5 Å². The Bertz CT molecular complexity index is 356. The second-order valence-electron chi connectivity index (χ2n) is 2.98. The number of aryl methyl sites for hydroxylation is 1. The van der Waals surface area contributed by atoms with E-state index >= 15 is 0 Å². The molecule has 2 rings (SSSR count). The zero-order chi connectivity index (χ0) is 9.26. The Hall–Kier alpha value is -1.71. The molecule has 0 fully saturated rings. The van der Waals surface area contributed by atoms with E-state index < -0.39 is 0 Å². The molecule has 0 aliphatic carbocycles. The Morgan fingerprint density at radius 2 is 2.00 bits per heavy atom. The summed E-state index contributed by atoms with van der Waals surface area (Å²) >= 11 is 0. The average Bonchev–Trinajstić information content (AvgIpc) is 2.53. The second kappa shape index (κ2) is 2.97. The molecular formula is C9H9N3O. The normalized spacial score (nSPS) is 20.4. The van der Waals surface area contributed by atoms with E-state index in [-0.39, 0.29) is 12.2 Å². The van der Waals surface area contributed by atoms with E-state index in [0.717, 1.165) is 5.56 Å². The van der Waals surface area contributed by atoms with Crippen molar-refractivity contribution in [2.75, 3.05) is 0 Å². The van der Waals surface area contributed by atoms with Crippen LogP contribution in [-0.4, -0.2) is 6.03 Å².